The Hall–Kier alpha value is -2.12. The largest absolute Gasteiger partial charge is 0.416 e. The van der Waals surface area contributed by atoms with Gasteiger partial charge in [-0.3, -0.25) is 9.69 Å². The highest BCUT2D eigenvalue weighted by Crippen LogP contribution is 2.34. The zero-order chi connectivity index (χ0) is 19.6. The summed E-state index contributed by atoms with van der Waals surface area (Å²) in [5.41, 5.74) is -0.528. The molecule has 1 amide bonds. The molecule has 1 aliphatic rings. The van der Waals surface area contributed by atoms with Crippen molar-refractivity contribution >= 4 is 23.2 Å². The maximum absolute atomic E-state index is 13.9. The van der Waals surface area contributed by atoms with Crippen molar-refractivity contribution in [2.45, 2.75) is 31.6 Å². The topological polar surface area (TPSA) is 32.3 Å². The molecule has 0 unspecified atom stereocenters. The van der Waals surface area contributed by atoms with Crippen LogP contribution in [0, 0.1) is 5.82 Å². The standard InChI is InChI=1S/C19H17ClF4N2O/c20-15-8-5-13(19(22,23)24)9-17(15)25-18(27)11-26(14-6-7-14)10-12-3-1-2-4-16(12)21/h1-5,8-9,14H,6-7,10-11H2,(H,25,27). The summed E-state index contributed by atoms with van der Waals surface area (Å²) in [4.78, 5) is 14.2. The summed E-state index contributed by atoms with van der Waals surface area (Å²) in [6.07, 6.45) is -2.74. The molecule has 8 heteroatoms. The second-order valence-electron chi connectivity index (χ2n) is 6.47. The third kappa shape index (κ3) is 5.20. The number of carbonyl (C=O) groups is 1. The maximum Gasteiger partial charge on any atom is 0.416 e. The van der Waals surface area contributed by atoms with Gasteiger partial charge in [-0.1, -0.05) is 29.8 Å². The van der Waals surface area contributed by atoms with E-state index in [1.165, 1.54) is 6.07 Å². The Morgan fingerprint density at radius 1 is 1.19 bits per heavy atom. The summed E-state index contributed by atoms with van der Waals surface area (Å²) in [6, 6.07) is 9.21. The van der Waals surface area contributed by atoms with E-state index in [4.69, 9.17) is 11.6 Å². The molecule has 2 aromatic carbocycles. The summed E-state index contributed by atoms with van der Waals surface area (Å²) < 4.78 is 52.4. The number of benzene rings is 2. The number of hydrogen-bond acceptors (Lipinski definition) is 2. The normalized spacial score (nSPS) is 14.4. The Labute approximate surface area is 158 Å². The first-order valence-corrected chi connectivity index (χ1v) is 8.76. The van der Waals surface area contributed by atoms with Crippen LogP contribution in [0.5, 0.6) is 0 Å². The molecule has 3 nitrogen and oxygen atoms in total. The van der Waals surface area contributed by atoms with Crippen LogP contribution in [0.4, 0.5) is 23.2 Å². The first kappa shape index (κ1) is 19.6. The predicted octanol–water partition coefficient (Wildman–Crippen LogP) is 5.10. The molecule has 0 aromatic heterocycles. The Bertz CT molecular complexity index is 837. The van der Waals surface area contributed by atoms with Crippen molar-refractivity contribution in [3.05, 3.63) is 64.4 Å². The molecule has 27 heavy (non-hydrogen) atoms. The van der Waals surface area contributed by atoms with Crippen molar-refractivity contribution in [3.8, 4) is 0 Å². The Morgan fingerprint density at radius 2 is 1.89 bits per heavy atom. The monoisotopic (exact) mass is 400 g/mol. The first-order valence-electron chi connectivity index (χ1n) is 8.38. The molecule has 0 atom stereocenters. The van der Waals surface area contributed by atoms with Crippen molar-refractivity contribution in [1.82, 2.24) is 4.90 Å². The van der Waals surface area contributed by atoms with Gasteiger partial charge in [0.15, 0.2) is 0 Å². The van der Waals surface area contributed by atoms with Gasteiger partial charge >= 0.3 is 6.18 Å². The van der Waals surface area contributed by atoms with Crippen LogP contribution in [0.2, 0.25) is 5.02 Å². The lowest BCUT2D eigenvalue weighted by Gasteiger charge is -2.22. The summed E-state index contributed by atoms with van der Waals surface area (Å²) >= 11 is 5.91. The van der Waals surface area contributed by atoms with Crippen molar-refractivity contribution in [2.24, 2.45) is 0 Å². The zero-order valence-corrected chi connectivity index (χ0v) is 14.9. The van der Waals surface area contributed by atoms with E-state index in [-0.39, 0.29) is 35.7 Å². The highest BCUT2D eigenvalue weighted by atomic mass is 35.5. The number of rotatable bonds is 6. The van der Waals surface area contributed by atoms with E-state index in [2.05, 4.69) is 5.32 Å². The Balaban J connectivity index is 1.69. The van der Waals surface area contributed by atoms with Gasteiger partial charge in [0.05, 0.1) is 22.8 Å². The molecule has 3 rings (SSSR count). The molecule has 0 bridgehead atoms. The van der Waals surface area contributed by atoms with Crippen molar-refractivity contribution in [3.63, 3.8) is 0 Å². The van der Waals surface area contributed by atoms with Gasteiger partial charge in [0, 0.05) is 18.2 Å². The van der Waals surface area contributed by atoms with Crippen LogP contribution in [0.25, 0.3) is 0 Å². The van der Waals surface area contributed by atoms with Crippen LogP contribution in [0.15, 0.2) is 42.5 Å². The van der Waals surface area contributed by atoms with Crippen LogP contribution < -0.4 is 5.32 Å². The second-order valence-corrected chi connectivity index (χ2v) is 6.88. The number of alkyl halides is 3. The Kier molecular flexibility index (Phi) is 5.72. The first-order chi connectivity index (χ1) is 12.7. The molecule has 0 heterocycles. The van der Waals surface area contributed by atoms with Crippen LogP contribution in [-0.4, -0.2) is 23.4 Å². The van der Waals surface area contributed by atoms with Gasteiger partial charge in [-0.05, 0) is 37.1 Å². The van der Waals surface area contributed by atoms with Gasteiger partial charge in [-0.25, -0.2) is 4.39 Å². The third-order valence-electron chi connectivity index (χ3n) is 4.31. The quantitative estimate of drug-likeness (QED) is 0.684. The predicted molar refractivity (Wildman–Crippen MR) is 94.9 cm³/mol. The minimum absolute atomic E-state index is 0.0171. The lowest BCUT2D eigenvalue weighted by molar-refractivity contribution is -0.137. The fraction of sp³-hybridized carbons (Fsp3) is 0.316. The second kappa shape index (κ2) is 7.86. The number of anilines is 1. The van der Waals surface area contributed by atoms with Crippen LogP contribution >= 0.6 is 11.6 Å². The van der Waals surface area contributed by atoms with E-state index in [1.54, 1.807) is 18.2 Å². The number of halogens is 5. The van der Waals surface area contributed by atoms with E-state index in [1.807, 2.05) is 4.90 Å². The van der Waals surface area contributed by atoms with E-state index >= 15 is 0 Å². The lowest BCUT2D eigenvalue weighted by Crippen LogP contribution is -2.34. The molecule has 144 valence electrons. The van der Waals surface area contributed by atoms with Crippen LogP contribution in [0.3, 0.4) is 0 Å². The molecule has 1 fully saturated rings. The van der Waals surface area contributed by atoms with Gasteiger partial charge < -0.3 is 5.32 Å². The highest BCUT2D eigenvalue weighted by Gasteiger charge is 2.32. The molecule has 0 saturated heterocycles. The fourth-order valence-corrected chi connectivity index (χ4v) is 2.94. The van der Waals surface area contributed by atoms with Gasteiger partial charge in [0.25, 0.3) is 0 Å². The number of hydrogen-bond donors (Lipinski definition) is 1. The summed E-state index contributed by atoms with van der Waals surface area (Å²) in [6.45, 7) is 0.187. The number of amides is 1. The van der Waals surface area contributed by atoms with Gasteiger partial charge in [0.1, 0.15) is 5.82 Å². The number of nitrogens with zero attached hydrogens (tertiary/aromatic N) is 1. The number of carbonyl (C=O) groups excluding carboxylic acids is 1. The molecule has 1 saturated carbocycles. The average Bonchev–Trinajstić information content (AvgIpc) is 3.42. The Morgan fingerprint density at radius 3 is 2.52 bits per heavy atom. The third-order valence-corrected chi connectivity index (χ3v) is 4.64. The molecule has 2 aromatic rings. The van der Waals surface area contributed by atoms with Gasteiger partial charge in [-0.15, -0.1) is 0 Å². The van der Waals surface area contributed by atoms with E-state index < -0.39 is 17.6 Å². The molecule has 0 aliphatic heterocycles. The summed E-state index contributed by atoms with van der Waals surface area (Å²) in [5.74, 6) is -0.857. The molecular formula is C19H17ClF4N2O. The molecule has 0 spiro atoms. The highest BCUT2D eigenvalue weighted by molar-refractivity contribution is 6.33. The molecule has 1 aliphatic carbocycles. The van der Waals surface area contributed by atoms with Gasteiger partial charge in [-0.2, -0.15) is 13.2 Å². The summed E-state index contributed by atoms with van der Waals surface area (Å²) in [7, 11) is 0. The van der Waals surface area contributed by atoms with Crippen LogP contribution in [0.1, 0.15) is 24.0 Å². The lowest BCUT2D eigenvalue weighted by atomic mass is 10.2. The van der Waals surface area contributed by atoms with E-state index in [9.17, 15) is 22.4 Å². The SMILES string of the molecule is O=C(CN(Cc1ccccc1F)C1CC1)Nc1cc(C(F)(F)F)ccc1Cl. The van der Waals surface area contributed by atoms with E-state index in [0.717, 1.165) is 31.0 Å². The minimum atomic E-state index is -4.53. The summed E-state index contributed by atoms with van der Waals surface area (Å²) in [5, 5.41) is 2.45. The minimum Gasteiger partial charge on any atom is -0.324 e. The van der Waals surface area contributed by atoms with Gasteiger partial charge in [0.2, 0.25) is 5.91 Å². The van der Waals surface area contributed by atoms with Crippen molar-refractivity contribution < 1.29 is 22.4 Å². The smallest absolute Gasteiger partial charge is 0.324 e. The van der Waals surface area contributed by atoms with E-state index in [0.29, 0.717) is 5.56 Å². The van der Waals surface area contributed by atoms with Crippen molar-refractivity contribution in [2.75, 3.05) is 11.9 Å². The average molecular weight is 401 g/mol. The zero-order valence-electron chi connectivity index (χ0n) is 14.2. The van der Waals surface area contributed by atoms with Crippen molar-refractivity contribution in [1.29, 1.82) is 0 Å². The van der Waals surface area contributed by atoms with Crippen LogP contribution in [-0.2, 0) is 17.5 Å². The molecular weight excluding hydrogens is 384 g/mol. The molecule has 1 N–H and O–H groups in total. The fourth-order valence-electron chi connectivity index (χ4n) is 2.77. The number of nitrogens with one attached hydrogen (secondary N) is 1. The molecule has 0 radical (unpaired) electrons. The maximum atomic E-state index is 13.9.